The van der Waals surface area contributed by atoms with Crippen molar-refractivity contribution in [3.8, 4) is 28.5 Å². The minimum Gasteiger partial charge on any atom is -0.507 e. The lowest BCUT2D eigenvalue weighted by atomic mass is 9.93. The number of nitrogens with zero attached hydrogens (tertiary/aromatic N) is 2. The van der Waals surface area contributed by atoms with Crippen LogP contribution in [0.3, 0.4) is 0 Å². The van der Waals surface area contributed by atoms with E-state index in [1.54, 1.807) is 13.2 Å². The lowest BCUT2D eigenvalue weighted by Gasteiger charge is -2.27. The summed E-state index contributed by atoms with van der Waals surface area (Å²) in [7, 11) is 1.65. The summed E-state index contributed by atoms with van der Waals surface area (Å²) in [5.74, 6) is 1.62. The Bertz CT molecular complexity index is 1450. The quantitative estimate of drug-likeness (QED) is 0.235. The Morgan fingerprint density at radius 2 is 1.85 bits per heavy atom. The van der Waals surface area contributed by atoms with Crippen LogP contribution >= 0.6 is 0 Å². The van der Waals surface area contributed by atoms with E-state index in [2.05, 4.69) is 17.1 Å². The number of hydrogen-bond donors (Lipinski definition) is 2. The van der Waals surface area contributed by atoms with Crippen LogP contribution in [0.2, 0.25) is 0 Å². The molecule has 1 amide bonds. The zero-order chi connectivity index (χ0) is 27.5. The molecule has 3 aromatic carbocycles. The highest BCUT2D eigenvalue weighted by Gasteiger charge is 2.42. The SMILES string of the molecule is CCCCOc1cccc(C2c3c(-c4c(C)cc(C)cc4O)n[nH]c3C(=O)N2CCc2ccc(OC)cc2)c1. The molecule has 1 atom stereocenters. The van der Waals surface area contributed by atoms with Crippen LogP contribution in [0.1, 0.15) is 64.1 Å². The molecular formula is C32H35N3O4. The summed E-state index contributed by atoms with van der Waals surface area (Å²) in [6.45, 7) is 7.19. The average molecular weight is 526 g/mol. The topological polar surface area (TPSA) is 87.7 Å². The number of aryl methyl sites for hydroxylation is 2. The van der Waals surface area contributed by atoms with Gasteiger partial charge in [0.2, 0.25) is 0 Å². The van der Waals surface area contributed by atoms with Gasteiger partial charge < -0.3 is 19.5 Å². The van der Waals surface area contributed by atoms with Gasteiger partial charge in [0, 0.05) is 17.7 Å². The molecule has 7 heteroatoms. The summed E-state index contributed by atoms with van der Waals surface area (Å²) >= 11 is 0. The molecule has 0 fully saturated rings. The highest BCUT2D eigenvalue weighted by Crippen LogP contribution is 2.46. The van der Waals surface area contributed by atoms with E-state index in [0.29, 0.717) is 36.5 Å². The summed E-state index contributed by atoms with van der Waals surface area (Å²) in [5.41, 5.74) is 6.40. The largest absolute Gasteiger partial charge is 0.507 e. The van der Waals surface area contributed by atoms with Gasteiger partial charge in [-0.1, -0.05) is 43.7 Å². The summed E-state index contributed by atoms with van der Waals surface area (Å²) in [6, 6.07) is 19.2. The molecule has 0 saturated carbocycles. The van der Waals surface area contributed by atoms with E-state index >= 15 is 0 Å². The Labute approximate surface area is 229 Å². The Morgan fingerprint density at radius 3 is 2.56 bits per heavy atom. The standard InChI is InChI=1S/C32H35N3O4/c1-5-6-16-39-25-9-7-8-23(19-25)31-28-29(27-21(3)17-20(2)18-26(27)36)33-34-30(28)32(37)35(31)15-14-22-10-12-24(38-4)13-11-22/h7-13,17-19,31,36H,5-6,14-16H2,1-4H3,(H,33,34). The maximum Gasteiger partial charge on any atom is 0.273 e. The first-order chi connectivity index (χ1) is 18.9. The zero-order valence-electron chi connectivity index (χ0n) is 23.0. The van der Waals surface area contributed by atoms with Crippen molar-refractivity contribution in [1.29, 1.82) is 0 Å². The van der Waals surface area contributed by atoms with Gasteiger partial charge in [0.05, 0.1) is 19.8 Å². The molecule has 0 aliphatic carbocycles. The van der Waals surface area contributed by atoms with E-state index in [1.807, 2.05) is 73.3 Å². The van der Waals surface area contributed by atoms with E-state index in [4.69, 9.17) is 9.47 Å². The molecule has 1 aliphatic rings. The summed E-state index contributed by atoms with van der Waals surface area (Å²) in [4.78, 5) is 15.7. The van der Waals surface area contributed by atoms with Crippen LogP contribution < -0.4 is 9.47 Å². The monoisotopic (exact) mass is 525 g/mol. The maximum absolute atomic E-state index is 13.8. The number of ether oxygens (including phenoxy) is 2. The second kappa shape index (κ2) is 11.2. The third-order valence-electron chi connectivity index (χ3n) is 7.30. The first-order valence-electron chi connectivity index (χ1n) is 13.5. The van der Waals surface area contributed by atoms with Crippen molar-refractivity contribution in [2.75, 3.05) is 20.3 Å². The molecule has 39 heavy (non-hydrogen) atoms. The Kier molecular flexibility index (Phi) is 7.59. The number of fused-ring (bicyclic) bond motifs is 1. The van der Waals surface area contributed by atoms with E-state index in [9.17, 15) is 9.90 Å². The minimum atomic E-state index is -0.380. The van der Waals surface area contributed by atoms with Gasteiger partial charge in [-0.2, -0.15) is 5.10 Å². The normalized spacial score (nSPS) is 14.5. The van der Waals surface area contributed by atoms with Crippen molar-refractivity contribution in [3.63, 3.8) is 0 Å². The van der Waals surface area contributed by atoms with Crippen LogP contribution in [-0.4, -0.2) is 46.4 Å². The second-order valence-corrected chi connectivity index (χ2v) is 10.1. The minimum absolute atomic E-state index is 0.108. The number of unbranched alkanes of at least 4 members (excludes halogenated alkanes) is 1. The Balaban J connectivity index is 1.56. The Hall–Kier alpha value is -4.26. The van der Waals surface area contributed by atoms with Gasteiger partial charge in [0.25, 0.3) is 5.91 Å². The van der Waals surface area contributed by atoms with Gasteiger partial charge in [-0.25, -0.2) is 0 Å². The molecule has 4 aromatic rings. The van der Waals surface area contributed by atoms with Crippen molar-refractivity contribution >= 4 is 5.91 Å². The number of carbonyl (C=O) groups is 1. The third kappa shape index (κ3) is 5.21. The Morgan fingerprint density at radius 1 is 1.05 bits per heavy atom. The number of methoxy groups -OCH3 is 1. The first kappa shape index (κ1) is 26.4. The second-order valence-electron chi connectivity index (χ2n) is 10.1. The van der Waals surface area contributed by atoms with Crippen LogP contribution in [0.4, 0.5) is 0 Å². The van der Waals surface area contributed by atoms with Crippen LogP contribution in [0.5, 0.6) is 17.2 Å². The highest BCUT2D eigenvalue weighted by molar-refractivity contribution is 6.00. The predicted molar refractivity (Wildman–Crippen MR) is 152 cm³/mol. The zero-order valence-corrected chi connectivity index (χ0v) is 23.0. The first-order valence-corrected chi connectivity index (χ1v) is 13.5. The molecule has 0 spiro atoms. The maximum atomic E-state index is 13.8. The fraction of sp³-hybridized carbons (Fsp3) is 0.312. The van der Waals surface area contributed by atoms with Gasteiger partial charge in [0.15, 0.2) is 0 Å². The van der Waals surface area contributed by atoms with Crippen LogP contribution in [0, 0.1) is 13.8 Å². The third-order valence-corrected chi connectivity index (χ3v) is 7.30. The van der Waals surface area contributed by atoms with Crippen molar-refractivity contribution in [2.45, 2.75) is 46.1 Å². The van der Waals surface area contributed by atoms with Crippen LogP contribution in [-0.2, 0) is 6.42 Å². The lowest BCUT2D eigenvalue weighted by Crippen LogP contribution is -2.31. The molecule has 0 saturated heterocycles. The molecule has 1 aliphatic heterocycles. The number of aromatic amines is 1. The number of rotatable bonds is 10. The summed E-state index contributed by atoms with van der Waals surface area (Å²) in [5, 5.41) is 18.5. The number of phenolic OH excluding ortho intramolecular Hbond substituents is 1. The van der Waals surface area contributed by atoms with Crippen LogP contribution in [0.25, 0.3) is 11.3 Å². The number of hydrogen-bond acceptors (Lipinski definition) is 5. The van der Waals surface area contributed by atoms with E-state index < -0.39 is 0 Å². The molecule has 5 rings (SSSR count). The van der Waals surface area contributed by atoms with Gasteiger partial charge >= 0.3 is 0 Å². The molecule has 0 bridgehead atoms. The highest BCUT2D eigenvalue weighted by atomic mass is 16.5. The van der Waals surface area contributed by atoms with Gasteiger partial charge in [0.1, 0.15) is 28.6 Å². The number of aromatic nitrogens is 2. The molecule has 2 N–H and O–H groups in total. The van der Waals surface area contributed by atoms with E-state index in [-0.39, 0.29) is 17.7 Å². The number of amides is 1. The van der Waals surface area contributed by atoms with Gasteiger partial charge in [-0.05, 0) is 79.3 Å². The number of carbonyl (C=O) groups excluding carboxylic acids is 1. The number of benzene rings is 3. The number of aromatic hydroxyl groups is 1. The predicted octanol–water partition coefficient (Wildman–Crippen LogP) is 6.37. The number of H-pyrrole nitrogens is 1. The van der Waals surface area contributed by atoms with Crippen molar-refractivity contribution in [3.05, 3.63) is 94.2 Å². The molecule has 2 heterocycles. The van der Waals surface area contributed by atoms with Crippen molar-refractivity contribution in [2.24, 2.45) is 0 Å². The molecule has 1 aromatic heterocycles. The molecule has 1 unspecified atom stereocenters. The average Bonchev–Trinajstić information content (AvgIpc) is 3.46. The smallest absolute Gasteiger partial charge is 0.273 e. The van der Waals surface area contributed by atoms with Gasteiger partial charge in [-0.15, -0.1) is 0 Å². The number of nitrogens with one attached hydrogen (secondary N) is 1. The summed E-state index contributed by atoms with van der Waals surface area (Å²) in [6.07, 6.45) is 2.71. The summed E-state index contributed by atoms with van der Waals surface area (Å²) < 4.78 is 11.3. The molecule has 0 radical (unpaired) electrons. The van der Waals surface area contributed by atoms with E-state index in [1.165, 1.54) is 0 Å². The van der Waals surface area contributed by atoms with Gasteiger partial charge in [-0.3, -0.25) is 9.89 Å². The lowest BCUT2D eigenvalue weighted by molar-refractivity contribution is 0.0745. The molecule has 7 nitrogen and oxygen atoms in total. The molecule has 202 valence electrons. The van der Waals surface area contributed by atoms with Crippen molar-refractivity contribution < 1.29 is 19.4 Å². The molecular weight excluding hydrogens is 490 g/mol. The van der Waals surface area contributed by atoms with Crippen molar-refractivity contribution in [1.82, 2.24) is 15.1 Å². The fourth-order valence-corrected chi connectivity index (χ4v) is 5.37. The fourth-order valence-electron chi connectivity index (χ4n) is 5.37. The van der Waals surface area contributed by atoms with Crippen LogP contribution in [0.15, 0.2) is 60.7 Å². The van der Waals surface area contributed by atoms with E-state index in [0.717, 1.165) is 52.2 Å². The number of phenols is 1.